The van der Waals surface area contributed by atoms with Gasteiger partial charge in [0, 0.05) is 12.6 Å². The van der Waals surface area contributed by atoms with Crippen molar-refractivity contribution in [3.8, 4) is 11.4 Å². The summed E-state index contributed by atoms with van der Waals surface area (Å²) in [6.07, 6.45) is 1.57. The highest BCUT2D eigenvalue weighted by Gasteiger charge is 2.22. The predicted molar refractivity (Wildman–Crippen MR) is 89.4 cm³/mol. The molecule has 0 bridgehead atoms. The standard InChI is InChI=1S/C17H15F2N3O2S/c1-9-12(6-7-24-9)16-20-21-17(22(16)3)25-10(2)15(23)11-4-5-13(18)14(19)8-11/h4-8,10H,1-3H3/t10-/m0/s1. The second-order valence-corrected chi connectivity index (χ2v) is 6.82. The maximum atomic E-state index is 13.3. The third kappa shape index (κ3) is 3.34. The Kier molecular flexibility index (Phi) is 4.71. The number of nitrogens with zero attached hydrogens (tertiary/aromatic N) is 3. The van der Waals surface area contributed by atoms with Gasteiger partial charge < -0.3 is 8.98 Å². The molecule has 3 rings (SSSR count). The first-order chi connectivity index (χ1) is 11.9. The van der Waals surface area contributed by atoms with E-state index in [1.807, 2.05) is 6.92 Å². The third-order valence-electron chi connectivity index (χ3n) is 3.79. The van der Waals surface area contributed by atoms with Gasteiger partial charge in [0.1, 0.15) is 5.76 Å². The van der Waals surface area contributed by atoms with Crippen LogP contribution in [0.1, 0.15) is 23.0 Å². The molecule has 0 aliphatic carbocycles. The van der Waals surface area contributed by atoms with Gasteiger partial charge in [-0.2, -0.15) is 0 Å². The molecule has 8 heteroatoms. The molecular weight excluding hydrogens is 348 g/mol. The van der Waals surface area contributed by atoms with Crippen LogP contribution >= 0.6 is 11.8 Å². The van der Waals surface area contributed by atoms with Crippen LogP contribution in [0.15, 0.2) is 40.1 Å². The maximum absolute atomic E-state index is 13.3. The Balaban J connectivity index is 1.80. The van der Waals surface area contributed by atoms with E-state index in [4.69, 9.17) is 4.42 Å². The molecule has 130 valence electrons. The lowest BCUT2D eigenvalue weighted by Crippen LogP contribution is -2.15. The zero-order valence-corrected chi connectivity index (χ0v) is 14.6. The van der Waals surface area contributed by atoms with E-state index in [1.54, 1.807) is 30.9 Å². The lowest BCUT2D eigenvalue weighted by molar-refractivity contribution is 0.0993. The van der Waals surface area contributed by atoms with E-state index in [0.717, 1.165) is 23.5 Å². The maximum Gasteiger partial charge on any atom is 0.191 e. The number of hydrogen-bond acceptors (Lipinski definition) is 5. The number of thioether (sulfide) groups is 1. The lowest BCUT2D eigenvalue weighted by atomic mass is 10.1. The molecule has 1 aromatic carbocycles. The minimum atomic E-state index is -1.04. The summed E-state index contributed by atoms with van der Waals surface area (Å²) in [5.74, 6) is -0.989. The smallest absolute Gasteiger partial charge is 0.191 e. The zero-order chi connectivity index (χ0) is 18.1. The quantitative estimate of drug-likeness (QED) is 0.506. The highest BCUT2D eigenvalue weighted by molar-refractivity contribution is 8.00. The van der Waals surface area contributed by atoms with Gasteiger partial charge in [0.15, 0.2) is 28.4 Å². The molecule has 0 aliphatic rings. The molecule has 0 amide bonds. The number of Topliss-reactive ketones (excluding diaryl/α,β-unsaturated/α-hetero) is 1. The van der Waals surface area contributed by atoms with E-state index in [1.165, 1.54) is 17.8 Å². The van der Waals surface area contributed by atoms with Gasteiger partial charge >= 0.3 is 0 Å². The van der Waals surface area contributed by atoms with Gasteiger partial charge in [-0.15, -0.1) is 10.2 Å². The largest absolute Gasteiger partial charge is 0.469 e. The van der Waals surface area contributed by atoms with Crippen molar-refractivity contribution in [2.24, 2.45) is 7.05 Å². The van der Waals surface area contributed by atoms with E-state index in [0.29, 0.717) is 11.0 Å². The van der Waals surface area contributed by atoms with Crippen LogP contribution < -0.4 is 0 Å². The fourth-order valence-corrected chi connectivity index (χ4v) is 3.26. The van der Waals surface area contributed by atoms with Crippen molar-refractivity contribution in [3.05, 3.63) is 53.5 Å². The number of benzene rings is 1. The van der Waals surface area contributed by atoms with Gasteiger partial charge in [-0.25, -0.2) is 8.78 Å². The number of aromatic nitrogens is 3. The van der Waals surface area contributed by atoms with Gasteiger partial charge in [0.25, 0.3) is 0 Å². The van der Waals surface area contributed by atoms with Crippen molar-refractivity contribution in [2.75, 3.05) is 0 Å². The van der Waals surface area contributed by atoms with Gasteiger partial charge in [0.2, 0.25) is 0 Å². The van der Waals surface area contributed by atoms with Crippen molar-refractivity contribution >= 4 is 17.5 Å². The molecule has 1 atom stereocenters. The minimum absolute atomic E-state index is 0.118. The van der Waals surface area contributed by atoms with Crippen molar-refractivity contribution in [3.63, 3.8) is 0 Å². The first-order valence-corrected chi connectivity index (χ1v) is 8.36. The predicted octanol–water partition coefficient (Wildman–Crippen LogP) is 4.03. The molecule has 0 spiro atoms. The van der Waals surface area contributed by atoms with Crippen molar-refractivity contribution in [1.29, 1.82) is 0 Å². The van der Waals surface area contributed by atoms with Crippen molar-refractivity contribution in [2.45, 2.75) is 24.3 Å². The summed E-state index contributed by atoms with van der Waals surface area (Å²) < 4.78 is 33.4. The SMILES string of the molecule is Cc1occc1-c1nnc(S[C@@H](C)C(=O)c2ccc(F)c(F)c2)n1C. The van der Waals surface area contributed by atoms with Crippen molar-refractivity contribution in [1.82, 2.24) is 14.8 Å². The topological polar surface area (TPSA) is 60.9 Å². The van der Waals surface area contributed by atoms with Gasteiger partial charge in [0.05, 0.1) is 17.1 Å². The molecule has 2 aromatic heterocycles. The van der Waals surface area contributed by atoms with Crippen LogP contribution in [0.5, 0.6) is 0 Å². The monoisotopic (exact) mass is 363 g/mol. The Morgan fingerprint density at radius 2 is 2.00 bits per heavy atom. The van der Waals surface area contributed by atoms with Crippen LogP contribution in [0.3, 0.4) is 0 Å². The first-order valence-electron chi connectivity index (χ1n) is 7.48. The number of hydrogen-bond donors (Lipinski definition) is 0. The van der Waals surface area contributed by atoms with E-state index in [2.05, 4.69) is 10.2 Å². The minimum Gasteiger partial charge on any atom is -0.469 e. The normalized spacial score (nSPS) is 12.4. The number of ketones is 1. The molecular formula is C17H15F2N3O2S. The second-order valence-electron chi connectivity index (χ2n) is 5.51. The summed E-state index contributed by atoms with van der Waals surface area (Å²) in [5, 5.41) is 8.25. The zero-order valence-electron chi connectivity index (χ0n) is 13.8. The van der Waals surface area contributed by atoms with E-state index in [-0.39, 0.29) is 11.3 Å². The Morgan fingerprint density at radius 3 is 2.64 bits per heavy atom. The third-order valence-corrected chi connectivity index (χ3v) is 4.92. The molecule has 5 nitrogen and oxygen atoms in total. The Morgan fingerprint density at radius 1 is 1.24 bits per heavy atom. The second kappa shape index (κ2) is 6.79. The van der Waals surface area contributed by atoms with Crippen molar-refractivity contribution < 1.29 is 18.0 Å². The van der Waals surface area contributed by atoms with Crippen LogP contribution in [0.25, 0.3) is 11.4 Å². The summed E-state index contributed by atoms with van der Waals surface area (Å²) in [7, 11) is 1.79. The fraction of sp³-hybridized carbons (Fsp3) is 0.235. The van der Waals surface area contributed by atoms with E-state index in [9.17, 15) is 13.6 Å². The molecule has 25 heavy (non-hydrogen) atoms. The number of furan rings is 1. The van der Waals surface area contributed by atoms with Gasteiger partial charge in [-0.3, -0.25) is 4.79 Å². The van der Waals surface area contributed by atoms with Crippen LogP contribution in [0.4, 0.5) is 8.78 Å². The van der Waals surface area contributed by atoms with Crippen LogP contribution in [0.2, 0.25) is 0 Å². The number of halogens is 2. The van der Waals surface area contributed by atoms with Gasteiger partial charge in [-0.05, 0) is 38.1 Å². The molecule has 0 saturated heterocycles. The summed E-state index contributed by atoms with van der Waals surface area (Å²) >= 11 is 1.20. The molecule has 0 aliphatic heterocycles. The Hall–Kier alpha value is -2.48. The Bertz CT molecular complexity index is 936. The summed E-state index contributed by atoms with van der Waals surface area (Å²) in [6, 6.07) is 4.92. The molecule has 0 saturated carbocycles. The lowest BCUT2D eigenvalue weighted by Gasteiger charge is -2.10. The van der Waals surface area contributed by atoms with Crippen LogP contribution in [-0.2, 0) is 7.05 Å². The summed E-state index contributed by atoms with van der Waals surface area (Å²) in [4.78, 5) is 12.4. The molecule has 0 unspecified atom stereocenters. The Labute approximate surface area is 147 Å². The average Bonchev–Trinajstić information content (AvgIpc) is 3.15. The molecule has 3 aromatic rings. The highest BCUT2D eigenvalue weighted by Crippen LogP contribution is 2.29. The average molecular weight is 363 g/mol. The number of carbonyl (C=O) groups excluding carboxylic acids is 1. The molecule has 0 radical (unpaired) electrons. The number of rotatable bonds is 5. The first kappa shape index (κ1) is 17.3. The van der Waals surface area contributed by atoms with E-state index >= 15 is 0 Å². The number of aryl methyl sites for hydroxylation is 1. The van der Waals surface area contributed by atoms with Gasteiger partial charge in [-0.1, -0.05) is 11.8 Å². The molecule has 0 fully saturated rings. The molecule has 0 N–H and O–H groups in total. The van der Waals surface area contributed by atoms with E-state index < -0.39 is 16.9 Å². The summed E-state index contributed by atoms with van der Waals surface area (Å²) in [5.41, 5.74) is 0.938. The highest BCUT2D eigenvalue weighted by atomic mass is 32.2. The number of carbonyl (C=O) groups is 1. The molecule has 2 heterocycles. The van der Waals surface area contributed by atoms with Crippen LogP contribution in [-0.4, -0.2) is 25.8 Å². The fourth-order valence-electron chi connectivity index (χ4n) is 2.36. The van der Waals surface area contributed by atoms with Crippen LogP contribution in [0, 0.1) is 18.6 Å². The summed E-state index contributed by atoms with van der Waals surface area (Å²) in [6.45, 7) is 3.51.